The number of aliphatic hydroxyl groups excluding tert-OH is 1. The van der Waals surface area contributed by atoms with Gasteiger partial charge < -0.3 is 14.6 Å². The lowest BCUT2D eigenvalue weighted by atomic mass is 9.46. The van der Waals surface area contributed by atoms with Crippen LogP contribution in [0.1, 0.15) is 53.4 Å². The molecule has 0 radical (unpaired) electrons. The van der Waals surface area contributed by atoms with Gasteiger partial charge in [0.2, 0.25) is 5.12 Å². The molecule has 4 aliphatic carbocycles. The maximum absolute atomic E-state index is 12.9. The molecule has 4 fully saturated rings. The first-order chi connectivity index (χ1) is 13.4. The van der Waals surface area contributed by atoms with Gasteiger partial charge in [0.05, 0.1) is 12.2 Å². The molecule has 1 heterocycles. The summed E-state index contributed by atoms with van der Waals surface area (Å²) in [6, 6.07) is 0. The Morgan fingerprint density at radius 3 is 2.69 bits per heavy atom. The van der Waals surface area contributed by atoms with E-state index >= 15 is 0 Å². The van der Waals surface area contributed by atoms with Crippen LogP contribution >= 0.6 is 12.6 Å². The van der Waals surface area contributed by atoms with E-state index < -0.39 is 22.9 Å². The number of aliphatic hydroxyl groups is 1. The van der Waals surface area contributed by atoms with E-state index in [1.165, 1.54) is 0 Å². The number of fused-ring (bicyclic) bond motifs is 7. The maximum atomic E-state index is 12.9. The van der Waals surface area contributed by atoms with Gasteiger partial charge in [-0.2, -0.15) is 0 Å². The minimum absolute atomic E-state index is 0.0174. The molecule has 6 heteroatoms. The van der Waals surface area contributed by atoms with Gasteiger partial charge in [0, 0.05) is 16.7 Å². The second-order valence-corrected chi connectivity index (χ2v) is 11.0. The van der Waals surface area contributed by atoms with Crippen LogP contribution < -0.4 is 0 Å². The van der Waals surface area contributed by atoms with Crippen LogP contribution in [-0.4, -0.2) is 39.6 Å². The summed E-state index contributed by atoms with van der Waals surface area (Å²) in [4.78, 5) is 24.9. The molecule has 3 saturated carbocycles. The summed E-state index contributed by atoms with van der Waals surface area (Å²) in [6.07, 6.45) is 7.39. The van der Waals surface area contributed by atoms with Gasteiger partial charge in [0.25, 0.3) is 0 Å². The number of rotatable bonds is 1. The normalized spacial score (nSPS) is 52.3. The Morgan fingerprint density at radius 2 is 2.00 bits per heavy atom. The van der Waals surface area contributed by atoms with E-state index in [1.807, 2.05) is 19.9 Å². The molecule has 1 aliphatic heterocycles. The van der Waals surface area contributed by atoms with Crippen molar-refractivity contribution in [2.45, 2.75) is 77.0 Å². The van der Waals surface area contributed by atoms with Gasteiger partial charge >= 0.3 is 0 Å². The third-order valence-corrected chi connectivity index (χ3v) is 9.14. The predicted octanol–water partition coefficient (Wildman–Crippen LogP) is 3.22. The van der Waals surface area contributed by atoms with E-state index in [-0.39, 0.29) is 40.2 Å². The summed E-state index contributed by atoms with van der Waals surface area (Å²) >= 11 is 4.27. The summed E-state index contributed by atoms with van der Waals surface area (Å²) in [5.74, 6) is -0.375. The van der Waals surface area contributed by atoms with Crippen molar-refractivity contribution in [3.8, 4) is 0 Å². The van der Waals surface area contributed by atoms with Gasteiger partial charge in [-0.15, -0.1) is 12.6 Å². The highest BCUT2D eigenvalue weighted by atomic mass is 32.1. The minimum atomic E-state index is -1.13. The van der Waals surface area contributed by atoms with Crippen LogP contribution in [0, 0.1) is 28.6 Å². The van der Waals surface area contributed by atoms with Gasteiger partial charge in [-0.3, -0.25) is 9.59 Å². The van der Waals surface area contributed by atoms with Gasteiger partial charge in [0.15, 0.2) is 17.2 Å². The highest BCUT2D eigenvalue weighted by Crippen LogP contribution is 2.70. The number of hydrogen-bond acceptors (Lipinski definition) is 5. The SMILES string of the molecule is CC1(C)O[C@@H]2C[C@H]3[C@@H]4CCC5=CC(=O)C=C[C@]5(C)[C@H]4[C@@H](O)C[C@]3(C)[C@]2(C(=O)S)O1. The number of ketones is 1. The predicted molar refractivity (Wildman–Crippen MR) is 110 cm³/mol. The Hall–Kier alpha value is -0.950. The fourth-order valence-electron chi connectivity index (χ4n) is 7.79. The molecule has 0 amide bonds. The van der Waals surface area contributed by atoms with Crippen molar-refractivity contribution in [3.05, 3.63) is 23.8 Å². The molecule has 0 aromatic carbocycles. The average Bonchev–Trinajstić information content (AvgIpc) is 3.02. The molecule has 1 N–H and O–H groups in total. The largest absolute Gasteiger partial charge is 0.393 e. The van der Waals surface area contributed by atoms with Crippen molar-refractivity contribution in [2.24, 2.45) is 28.6 Å². The van der Waals surface area contributed by atoms with Gasteiger partial charge in [-0.1, -0.05) is 25.5 Å². The fourth-order valence-corrected chi connectivity index (χ4v) is 8.24. The highest BCUT2D eigenvalue weighted by molar-refractivity contribution is 7.96. The summed E-state index contributed by atoms with van der Waals surface area (Å²) in [7, 11) is 0. The van der Waals surface area contributed by atoms with E-state index in [9.17, 15) is 14.7 Å². The van der Waals surface area contributed by atoms with Crippen LogP contribution in [0.4, 0.5) is 0 Å². The third-order valence-electron chi connectivity index (χ3n) is 8.81. The molecule has 0 bridgehead atoms. The second kappa shape index (κ2) is 5.84. The molecule has 158 valence electrons. The Bertz CT molecular complexity index is 861. The molecule has 1 saturated heterocycles. The van der Waals surface area contributed by atoms with Crippen molar-refractivity contribution in [2.75, 3.05) is 0 Å². The molecule has 5 aliphatic rings. The van der Waals surface area contributed by atoms with Crippen molar-refractivity contribution in [3.63, 3.8) is 0 Å². The Morgan fingerprint density at radius 1 is 1.28 bits per heavy atom. The zero-order valence-corrected chi connectivity index (χ0v) is 18.4. The van der Waals surface area contributed by atoms with Crippen molar-refractivity contribution >= 4 is 23.5 Å². The topological polar surface area (TPSA) is 72.8 Å². The van der Waals surface area contributed by atoms with E-state index in [2.05, 4.69) is 26.5 Å². The summed E-state index contributed by atoms with van der Waals surface area (Å²) in [5.41, 5.74) is -0.878. The van der Waals surface area contributed by atoms with Crippen LogP contribution in [0.3, 0.4) is 0 Å². The maximum Gasteiger partial charge on any atom is 0.221 e. The van der Waals surface area contributed by atoms with E-state index in [0.29, 0.717) is 6.42 Å². The van der Waals surface area contributed by atoms with Crippen LogP contribution in [0.25, 0.3) is 0 Å². The lowest BCUT2D eigenvalue weighted by Crippen LogP contribution is -2.62. The Labute approximate surface area is 177 Å². The molecular weight excluding hydrogens is 388 g/mol. The third kappa shape index (κ3) is 2.35. The first-order valence-electron chi connectivity index (χ1n) is 10.7. The lowest BCUT2D eigenvalue weighted by Gasteiger charge is -2.59. The molecule has 0 unspecified atom stereocenters. The smallest absolute Gasteiger partial charge is 0.221 e. The molecule has 0 spiro atoms. The standard InChI is InChI=1S/C23H30O5S/c1-20(2)27-17-10-15-14-6-5-12-9-13(24)7-8-21(12,3)18(14)16(25)11-22(15,4)23(17,28-20)19(26)29/h7-9,14-18,25H,5-6,10-11H2,1-4H3,(H,26,29)/t14-,15-,16-,17+,18+,21-,22-,23-/m0/s1. The van der Waals surface area contributed by atoms with Gasteiger partial charge in [0.1, 0.15) is 0 Å². The van der Waals surface area contributed by atoms with E-state index in [4.69, 9.17) is 9.47 Å². The van der Waals surface area contributed by atoms with Crippen molar-refractivity contribution in [1.29, 1.82) is 0 Å². The summed E-state index contributed by atoms with van der Waals surface area (Å²) in [5, 5.41) is 11.2. The molecule has 0 aromatic rings. The van der Waals surface area contributed by atoms with Crippen LogP contribution in [0.2, 0.25) is 0 Å². The molecule has 8 atom stereocenters. The highest BCUT2D eigenvalue weighted by Gasteiger charge is 2.76. The summed E-state index contributed by atoms with van der Waals surface area (Å²) in [6.45, 7) is 7.92. The van der Waals surface area contributed by atoms with Crippen molar-refractivity contribution in [1.82, 2.24) is 0 Å². The monoisotopic (exact) mass is 418 g/mol. The first kappa shape index (κ1) is 20.0. The lowest BCUT2D eigenvalue weighted by molar-refractivity contribution is -0.221. The van der Waals surface area contributed by atoms with Gasteiger partial charge in [-0.05, 0) is 63.5 Å². The zero-order chi connectivity index (χ0) is 21.0. The average molecular weight is 419 g/mol. The molecule has 5 nitrogen and oxygen atoms in total. The Kier molecular flexibility index (Phi) is 4.03. The van der Waals surface area contributed by atoms with Crippen LogP contribution in [-0.2, 0) is 19.1 Å². The van der Waals surface area contributed by atoms with Crippen LogP contribution in [0.5, 0.6) is 0 Å². The van der Waals surface area contributed by atoms with Crippen LogP contribution in [0.15, 0.2) is 23.8 Å². The molecule has 29 heavy (non-hydrogen) atoms. The fraction of sp³-hybridized carbons (Fsp3) is 0.739. The number of carbonyl (C=O) groups excluding carboxylic acids is 2. The molecular formula is C23H30O5S. The molecule has 0 aromatic heterocycles. The minimum Gasteiger partial charge on any atom is -0.393 e. The quantitative estimate of drug-likeness (QED) is 0.640. The first-order valence-corrected chi connectivity index (χ1v) is 11.1. The number of allylic oxidation sites excluding steroid dienone is 4. The number of thiol groups is 1. The second-order valence-electron chi connectivity index (χ2n) is 10.6. The van der Waals surface area contributed by atoms with Crippen molar-refractivity contribution < 1.29 is 24.2 Å². The molecule has 5 rings (SSSR count). The zero-order valence-electron chi connectivity index (χ0n) is 17.5. The van der Waals surface area contributed by atoms with E-state index in [0.717, 1.165) is 24.8 Å². The number of ether oxygens (including phenoxy) is 2. The number of carbonyl (C=O) groups is 2. The summed E-state index contributed by atoms with van der Waals surface area (Å²) < 4.78 is 12.6. The van der Waals surface area contributed by atoms with Gasteiger partial charge in [-0.25, -0.2) is 0 Å². The Balaban J connectivity index is 1.59. The number of hydrogen-bond donors (Lipinski definition) is 2. The van der Waals surface area contributed by atoms with E-state index in [1.54, 1.807) is 12.2 Å².